The summed E-state index contributed by atoms with van der Waals surface area (Å²) in [6.07, 6.45) is 14.7. The minimum absolute atomic E-state index is 0. The molecule has 2 unspecified atom stereocenters. The molecule has 9 N–H and O–H groups in total. The fraction of sp³-hybridized carbons (Fsp3) is 0.0921. The molecule has 1 aliphatic rings. The van der Waals surface area contributed by atoms with E-state index in [1.54, 1.807) is 79.2 Å². The lowest BCUT2D eigenvalue weighted by Crippen LogP contribution is -2.29. The molecule has 2 atom stereocenters. The van der Waals surface area contributed by atoms with Crippen LogP contribution in [0.3, 0.4) is 0 Å². The molecule has 0 radical (unpaired) electrons. The Bertz CT molecular complexity index is 5820. The number of aliphatic hydroxyl groups is 1. The topological polar surface area (TPSA) is 357 Å². The Morgan fingerprint density at radius 2 is 1.03 bits per heavy atom. The first-order valence-electron chi connectivity index (χ1n) is 32.8. The zero-order valence-corrected chi connectivity index (χ0v) is 65.5. The smallest absolute Gasteiger partial charge is 0.423 e. The predicted molar refractivity (Wildman–Crippen MR) is 437 cm³/mol. The number of hydrogen-bond acceptors (Lipinski definition) is 19. The van der Waals surface area contributed by atoms with E-state index in [0.29, 0.717) is 71.7 Å². The lowest BCUT2D eigenvalue weighted by atomic mass is 9.80. The van der Waals surface area contributed by atoms with E-state index >= 15 is 0 Å². The van der Waals surface area contributed by atoms with Crippen LogP contribution in [0.5, 0.6) is 0 Å². The van der Waals surface area contributed by atoms with Crippen LogP contribution in [0.4, 0.5) is 0 Å². The van der Waals surface area contributed by atoms with Crippen molar-refractivity contribution in [1.29, 1.82) is 0 Å². The maximum atomic E-state index is 11.1. The van der Waals surface area contributed by atoms with Crippen molar-refractivity contribution in [3.05, 3.63) is 323 Å². The molecule has 0 bridgehead atoms. The van der Waals surface area contributed by atoms with Crippen LogP contribution in [-0.2, 0) is 23.5 Å². The molecule has 111 heavy (non-hydrogen) atoms. The molecule has 8 aromatic heterocycles. The summed E-state index contributed by atoms with van der Waals surface area (Å²) in [5.41, 5.74) is 22.5. The molecule has 0 saturated heterocycles. The molecule has 15 aromatic rings. The Balaban J connectivity index is 0.000000157. The number of hydrogen-bond donors (Lipinski definition) is 8. The third-order valence-electron chi connectivity index (χ3n) is 16.3. The number of nitrogens with zero attached hydrogens (tertiary/aromatic N) is 12. The van der Waals surface area contributed by atoms with Crippen molar-refractivity contribution in [1.82, 2.24) is 69.0 Å². The SMILES string of the molecule is Brc1ccc2ncnn2c1.Cl.Clc1ccc(C2CNCc3cc(-c4ccc5ncnn5c4)ccc32)cc1Cl.NCC(=O)c1ccc(Cl)c(Cl)c1.O=Cc1cccc(-c2ccc3ncnn3c2)c1.O=Cc1cccc(B(O)O)c1.O=S(=O)(O)O.OC(CNCc1cccc(-c2ccc3ncnn3c2)c1)c1ccc(Cl)c(Cl)c1. The molecule has 35 heteroatoms. The first-order valence-corrected chi connectivity index (χ1v) is 37.3. The van der Waals surface area contributed by atoms with Gasteiger partial charge in [0.1, 0.15) is 37.9 Å². The van der Waals surface area contributed by atoms with Crippen molar-refractivity contribution in [3.8, 4) is 33.4 Å². The monoisotopic (exact) mass is 1710 g/mol. The lowest BCUT2D eigenvalue weighted by molar-refractivity contribution is 0.100. The number of aliphatic hydroxyl groups excluding tert-OH is 1. The van der Waals surface area contributed by atoms with Gasteiger partial charge in [-0.1, -0.05) is 155 Å². The van der Waals surface area contributed by atoms with Gasteiger partial charge in [-0.2, -0.15) is 28.8 Å². The van der Waals surface area contributed by atoms with Crippen molar-refractivity contribution in [2.45, 2.75) is 25.1 Å². The molecule has 568 valence electrons. The van der Waals surface area contributed by atoms with Gasteiger partial charge in [0.15, 0.2) is 28.4 Å². The maximum absolute atomic E-state index is 11.1. The highest BCUT2D eigenvalue weighted by molar-refractivity contribution is 9.10. The minimum atomic E-state index is -4.67. The van der Waals surface area contributed by atoms with Gasteiger partial charge in [0.05, 0.1) is 42.8 Å². The number of rotatable bonds is 14. The van der Waals surface area contributed by atoms with E-state index in [1.165, 1.54) is 53.1 Å². The number of nitrogens with one attached hydrogen (secondary N) is 2. The van der Waals surface area contributed by atoms with E-state index < -0.39 is 23.6 Å². The Hall–Kier alpha value is -9.77. The van der Waals surface area contributed by atoms with Gasteiger partial charge in [-0.25, -0.2) is 38.0 Å². The number of aldehydes is 2. The molecule has 0 aliphatic carbocycles. The second-order valence-electron chi connectivity index (χ2n) is 23.8. The molecule has 16 rings (SSSR count). The highest BCUT2D eigenvalue weighted by Gasteiger charge is 2.23. The lowest BCUT2D eigenvalue weighted by Gasteiger charge is -2.27. The predicted octanol–water partition coefficient (Wildman–Crippen LogP) is 14.2. The maximum Gasteiger partial charge on any atom is 0.488 e. The molecule has 1 aliphatic heterocycles. The molecule has 0 spiro atoms. The van der Waals surface area contributed by atoms with Gasteiger partial charge in [0, 0.05) is 94.7 Å². The number of fused-ring (bicyclic) bond motifs is 5. The van der Waals surface area contributed by atoms with Crippen LogP contribution in [0, 0.1) is 0 Å². The molecule has 0 amide bonds. The fourth-order valence-electron chi connectivity index (χ4n) is 10.9. The number of halogens is 8. The standard InChI is InChI=1S/C21H18Cl2N4O.C21H16Cl2N4.C13H9N3O.C8H7Cl2NO.C7H7BO3.C6H4BrN3.ClH.H2O4S/c22-18-6-4-16(9-19(18)23)20(28)11-24-10-14-2-1-3-15(8-14)17-5-7-21-25-13-26-27(21)12-17;22-19-5-2-14(8-20(19)23)18-10-24-9-16-7-13(1-4-17(16)18)15-3-6-21-25-12-26-27(21)11-15;17-8-10-2-1-3-11(6-10)12-4-5-13-14-9-15-16(13)7-12;9-6-2-1-5(3-7(6)10)8(12)4-11;9-5-6-2-1-3-7(4-6)8(10)11;7-5-1-2-6-8-4-9-10(6)3-5;;1-5(2,3)4/h1-9,12-13,20,24,28H,10-11H2;1-8,11-12,18,24H,9-10H2;1-9H;1-3H,4,11H2;1-5,10-11H;1-4H;1H;(H2,1,2,3,4). The van der Waals surface area contributed by atoms with Gasteiger partial charge in [-0.15, -0.1) is 12.4 Å². The van der Waals surface area contributed by atoms with Gasteiger partial charge in [-0.05, 0) is 175 Å². The van der Waals surface area contributed by atoms with Crippen LogP contribution in [-0.4, -0.2) is 136 Å². The van der Waals surface area contributed by atoms with Gasteiger partial charge in [-0.3, -0.25) is 23.5 Å². The van der Waals surface area contributed by atoms with E-state index in [1.807, 2.05) is 104 Å². The Morgan fingerprint density at radius 3 is 1.55 bits per heavy atom. The highest BCUT2D eigenvalue weighted by atomic mass is 79.9. The quantitative estimate of drug-likeness (QED) is 0.0217. The van der Waals surface area contributed by atoms with Crippen LogP contribution in [0.15, 0.2) is 249 Å². The van der Waals surface area contributed by atoms with Crippen molar-refractivity contribution in [2.24, 2.45) is 5.73 Å². The Labute approximate surface area is 679 Å². The first-order chi connectivity index (χ1) is 52.9. The van der Waals surface area contributed by atoms with Crippen molar-refractivity contribution in [3.63, 3.8) is 0 Å². The van der Waals surface area contributed by atoms with Crippen LogP contribution < -0.4 is 21.8 Å². The van der Waals surface area contributed by atoms with Crippen LogP contribution >= 0.6 is 97.9 Å². The van der Waals surface area contributed by atoms with E-state index in [-0.39, 0.29) is 30.7 Å². The van der Waals surface area contributed by atoms with E-state index in [4.69, 9.17) is 103 Å². The number of pyridine rings is 4. The van der Waals surface area contributed by atoms with Crippen molar-refractivity contribution < 1.29 is 47.1 Å². The second kappa shape index (κ2) is 41.0. The third-order valence-corrected chi connectivity index (χ3v) is 19.0. The summed E-state index contributed by atoms with van der Waals surface area (Å²) < 4.78 is 39.6. The molecular formula is C76H64BBrCl7N15O10S. The van der Waals surface area contributed by atoms with Crippen LogP contribution in [0.25, 0.3) is 56.0 Å². The second-order valence-corrected chi connectivity index (χ2v) is 28.0. The van der Waals surface area contributed by atoms with Crippen molar-refractivity contribution in [2.75, 3.05) is 19.6 Å². The van der Waals surface area contributed by atoms with Crippen LogP contribution in [0.1, 0.15) is 70.9 Å². The minimum Gasteiger partial charge on any atom is -0.423 e. The summed E-state index contributed by atoms with van der Waals surface area (Å²) in [7, 11) is -6.17. The number of aromatic nitrogens is 12. The Morgan fingerprint density at radius 1 is 0.559 bits per heavy atom. The van der Waals surface area contributed by atoms with Gasteiger partial charge >= 0.3 is 17.5 Å². The summed E-state index contributed by atoms with van der Waals surface area (Å²) in [5, 5.41) is 53.9. The number of carbonyl (C=O) groups excluding carboxylic acids is 3. The summed E-state index contributed by atoms with van der Waals surface area (Å²) in [4.78, 5) is 48.4. The number of nitrogens with two attached hydrogens (primary N) is 1. The largest absolute Gasteiger partial charge is 0.488 e. The first kappa shape index (κ1) is 85.2. The van der Waals surface area contributed by atoms with E-state index in [0.717, 1.165) is 85.4 Å². The average Bonchev–Trinajstić information content (AvgIpc) is 1.50. The van der Waals surface area contributed by atoms with E-state index in [9.17, 15) is 19.5 Å². The number of carbonyl (C=O) groups is 3. The zero-order valence-electron chi connectivity index (χ0n) is 57.7. The van der Waals surface area contributed by atoms with Crippen LogP contribution in [0.2, 0.25) is 30.1 Å². The summed E-state index contributed by atoms with van der Waals surface area (Å²) >= 11 is 38.9. The number of Topliss-reactive ketones (excluding diaryl/α,β-unsaturated/α-hetero) is 1. The number of ketones is 1. The summed E-state index contributed by atoms with van der Waals surface area (Å²) in [5.74, 6) is 0.115. The normalized spacial score (nSPS) is 12.2. The number of benzene rings is 7. The van der Waals surface area contributed by atoms with Gasteiger partial charge in [0.2, 0.25) is 0 Å². The molecule has 0 saturated carbocycles. The van der Waals surface area contributed by atoms with E-state index in [2.05, 4.69) is 115 Å². The molecule has 0 fully saturated rings. The molecule has 9 heterocycles. The highest BCUT2D eigenvalue weighted by Crippen LogP contribution is 2.36. The average molecular weight is 1720 g/mol. The third kappa shape index (κ3) is 24.6. The van der Waals surface area contributed by atoms with Gasteiger partial charge < -0.3 is 31.5 Å². The molecule has 7 aromatic carbocycles. The zero-order chi connectivity index (χ0) is 78.4. The van der Waals surface area contributed by atoms with Gasteiger partial charge in [0.25, 0.3) is 0 Å². The fourth-order valence-corrected chi connectivity index (χ4v) is 12.2. The Kier molecular flexibility index (Phi) is 31.5. The molecular weight excluding hydrogens is 1650 g/mol. The molecule has 25 nitrogen and oxygen atoms in total. The summed E-state index contributed by atoms with van der Waals surface area (Å²) in [6.45, 7) is 2.77. The van der Waals surface area contributed by atoms with Crippen molar-refractivity contribution >= 4 is 162 Å². The summed E-state index contributed by atoms with van der Waals surface area (Å²) in [6, 6.07) is 60.0.